The average Bonchev–Trinajstić information content (AvgIpc) is 2.74. The minimum atomic E-state index is -0.357. The monoisotopic (exact) mass is 281 g/mol. The van der Waals surface area contributed by atoms with E-state index in [4.69, 9.17) is 11.6 Å². The van der Waals surface area contributed by atoms with Crippen LogP contribution in [0.15, 0.2) is 24.4 Å². The number of nitrogens with zero attached hydrogens (tertiary/aromatic N) is 2. The van der Waals surface area contributed by atoms with Gasteiger partial charge in [-0.05, 0) is 25.6 Å². The van der Waals surface area contributed by atoms with Crippen molar-refractivity contribution in [2.45, 2.75) is 26.3 Å². The Labute approximate surface area is 117 Å². The van der Waals surface area contributed by atoms with Crippen molar-refractivity contribution in [1.82, 2.24) is 15.1 Å². The van der Waals surface area contributed by atoms with Crippen molar-refractivity contribution in [3.8, 4) is 5.69 Å². The van der Waals surface area contributed by atoms with Gasteiger partial charge in [0.15, 0.2) is 0 Å². The van der Waals surface area contributed by atoms with Gasteiger partial charge < -0.3 is 5.32 Å². The van der Waals surface area contributed by atoms with Crippen LogP contribution in [-0.4, -0.2) is 16.8 Å². The van der Waals surface area contributed by atoms with Gasteiger partial charge in [0.25, 0.3) is 0 Å². The van der Waals surface area contributed by atoms with Crippen LogP contribution in [0.4, 0.5) is 4.39 Å². The number of halogens is 2. The van der Waals surface area contributed by atoms with Crippen LogP contribution in [0.2, 0.25) is 5.02 Å². The van der Waals surface area contributed by atoms with E-state index in [2.05, 4.69) is 17.3 Å². The van der Waals surface area contributed by atoms with Crippen LogP contribution in [0, 0.1) is 5.82 Å². The largest absolute Gasteiger partial charge is 0.316 e. The molecular weight excluding hydrogens is 265 g/mol. The molecule has 0 aliphatic rings. The van der Waals surface area contributed by atoms with Gasteiger partial charge in [-0.1, -0.05) is 31.0 Å². The molecule has 19 heavy (non-hydrogen) atoms. The van der Waals surface area contributed by atoms with E-state index in [1.165, 1.54) is 6.07 Å². The quantitative estimate of drug-likeness (QED) is 0.911. The molecule has 0 atom stereocenters. The zero-order valence-corrected chi connectivity index (χ0v) is 11.8. The molecule has 2 rings (SSSR count). The van der Waals surface area contributed by atoms with Gasteiger partial charge >= 0.3 is 0 Å². The molecule has 102 valence electrons. The smallest absolute Gasteiger partial charge is 0.150 e. The second kappa shape index (κ2) is 6.17. The lowest BCUT2D eigenvalue weighted by Crippen LogP contribution is -2.10. The van der Waals surface area contributed by atoms with Gasteiger partial charge in [-0.15, -0.1) is 0 Å². The Kier molecular flexibility index (Phi) is 4.56. The molecule has 1 aromatic carbocycles. The third-order valence-corrected chi connectivity index (χ3v) is 3.26. The van der Waals surface area contributed by atoms with Gasteiger partial charge in [-0.3, -0.25) is 0 Å². The molecule has 5 heteroatoms. The number of hydrogen-bond donors (Lipinski definition) is 1. The highest BCUT2D eigenvalue weighted by Gasteiger charge is 2.16. The van der Waals surface area contributed by atoms with Gasteiger partial charge in [-0.2, -0.15) is 5.10 Å². The van der Waals surface area contributed by atoms with Crippen LogP contribution in [0.3, 0.4) is 0 Å². The van der Waals surface area contributed by atoms with Crippen LogP contribution in [0.5, 0.6) is 0 Å². The summed E-state index contributed by atoms with van der Waals surface area (Å²) in [6, 6.07) is 4.67. The van der Waals surface area contributed by atoms with Crippen molar-refractivity contribution in [1.29, 1.82) is 0 Å². The van der Waals surface area contributed by atoms with Crippen molar-refractivity contribution in [2.24, 2.45) is 0 Å². The highest BCUT2D eigenvalue weighted by molar-refractivity contribution is 6.32. The first-order valence-electron chi connectivity index (χ1n) is 6.33. The van der Waals surface area contributed by atoms with Gasteiger partial charge in [0.05, 0.1) is 11.2 Å². The molecule has 0 aliphatic carbocycles. The van der Waals surface area contributed by atoms with Gasteiger partial charge in [-0.25, -0.2) is 9.07 Å². The summed E-state index contributed by atoms with van der Waals surface area (Å²) in [5.74, 6) is -0.357. The number of hydrogen-bond acceptors (Lipinski definition) is 2. The number of benzene rings is 1. The van der Waals surface area contributed by atoms with E-state index in [9.17, 15) is 4.39 Å². The average molecular weight is 282 g/mol. The van der Waals surface area contributed by atoms with Crippen LogP contribution < -0.4 is 5.32 Å². The molecule has 0 amide bonds. The lowest BCUT2D eigenvalue weighted by atomic mass is 10.1. The number of rotatable bonds is 5. The summed E-state index contributed by atoms with van der Waals surface area (Å²) in [7, 11) is 1.88. The molecule has 1 N–H and O–H groups in total. The minimum absolute atomic E-state index is 0.329. The maximum Gasteiger partial charge on any atom is 0.150 e. The molecule has 3 nitrogen and oxygen atoms in total. The van der Waals surface area contributed by atoms with E-state index >= 15 is 0 Å². The van der Waals surface area contributed by atoms with Crippen LogP contribution >= 0.6 is 11.6 Å². The maximum absolute atomic E-state index is 14.0. The van der Waals surface area contributed by atoms with E-state index < -0.39 is 0 Å². The van der Waals surface area contributed by atoms with Crippen LogP contribution in [-0.2, 0) is 13.0 Å². The predicted octanol–water partition coefficient (Wildman–Crippen LogP) is 3.34. The molecule has 0 radical (unpaired) electrons. The Morgan fingerprint density at radius 1 is 1.42 bits per heavy atom. The van der Waals surface area contributed by atoms with Gasteiger partial charge in [0, 0.05) is 17.8 Å². The Balaban J connectivity index is 2.55. The zero-order chi connectivity index (χ0) is 13.8. The van der Waals surface area contributed by atoms with Gasteiger partial charge in [0.2, 0.25) is 0 Å². The van der Waals surface area contributed by atoms with Crippen molar-refractivity contribution in [3.63, 3.8) is 0 Å². The third kappa shape index (κ3) is 2.80. The highest BCUT2D eigenvalue weighted by atomic mass is 35.5. The maximum atomic E-state index is 14.0. The standard InChI is InChI=1S/C14H17ClFN3/c1-3-5-13-10(8-17-2)9-18-19(13)14-11(15)6-4-7-12(14)16/h4,6-7,9,17H,3,5,8H2,1-2H3. The summed E-state index contributed by atoms with van der Waals surface area (Å²) >= 11 is 6.11. The Bertz CT molecular complexity index is 546. The van der Waals surface area contributed by atoms with E-state index in [1.54, 1.807) is 23.0 Å². The van der Waals surface area contributed by atoms with Crippen LogP contribution in [0.1, 0.15) is 24.6 Å². The lowest BCUT2D eigenvalue weighted by molar-refractivity contribution is 0.605. The summed E-state index contributed by atoms with van der Waals surface area (Å²) in [6.07, 6.45) is 3.57. The summed E-state index contributed by atoms with van der Waals surface area (Å²) in [4.78, 5) is 0. The van der Waals surface area contributed by atoms with Crippen molar-refractivity contribution in [3.05, 3.63) is 46.5 Å². The lowest BCUT2D eigenvalue weighted by Gasteiger charge is -2.11. The topological polar surface area (TPSA) is 29.9 Å². The normalized spacial score (nSPS) is 10.9. The molecule has 0 saturated heterocycles. The number of aromatic nitrogens is 2. The second-order valence-electron chi connectivity index (χ2n) is 4.38. The number of nitrogens with one attached hydrogen (secondary N) is 1. The molecule has 2 aromatic rings. The fourth-order valence-corrected chi connectivity index (χ4v) is 2.38. The Morgan fingerprint density at radius 3 is 2.84 bits per heavy atom. The SMILES string of the molecule is CCCc1c(CNC)cnn1-c1c(F)cccc1Cl. The zero-order valence-electron chi connectivity index (χ0n) is 11.1. The molecule has 1 heterocycles. The first kappa shape index (κ1) is 14.0. The molecule has 0 saturated carbocycles. The third-order valence-electron chi connectivity index (χ3n) is 2.96. The molecule has 0 aliphatic heterocycles. The molecule has 1 aromatic heterocycles. The molecule has 0 bridgehead atoms. The van der Waals surface area contributed by atoms with Crippen molar-refractivity contribution >= 4 is 11.6 Å². The summed E-state index contributed by atoms with van der Waals surface area (Å²) in [5.41, 5.74) is 2.41. The highest BCUT2D eigenvalue weighted by Crippen LogP contribution is 2.26. The Morgan fingerprint density at radius 2 is 2.21 bits per heavy atom. The summed E-state index contributed by atoms with van der Waals surface area (Å²) in [5, 5.41) is 7.77. The Hall–Kier alpha value is -1.39. The van der Waals surface area contributed by atoms with Crippen molar-refractivity contribution in [2.75, 3.05) is 7.05 Å². The van der Waals surface area contributed by atoms with E-state index in [0.717, 1.165) is 24.1 Å². The van der Waals surface area contributed by atoms with Crippen LogP contribution in [0.25, 0.3) is 5.69 Å². The van der Waals surface area contributed by atoms with Crippen molar-refractivity contribution < 1.29 is 4.39 Å². The predicted molar refractivity (Wildman–Crippen MR) is 75.3 cm³/mol. The molecule has 0 fully saturated rings. The van der Waals surface area contributed by atoms with E-state index in [-0.39, 0.29) is 5.82 Å². The number of para-hydroxylation sites is 1. The van der Waals surface area contributed by atoms with E-state index in [1.807, 2.05) is 7.05 Å². The fraction of sp³-hybridized carbons (Fsp3) is 0.357. The molecular formula is C14H17ClFN3. The van der Waals surface area contributed by atoms with E-state index in [0.29, 0.717) is 17.3 Å². The summed E-state index contributed by atoms with van der Waals surface area (Å²) < 4.78 is 15.6. The summed E-state index contributed by atoms with van der Waals surface area (Å²) in [6.45, 7) is 2.80. The molecule has 0 unspecified atom stereocenters. The second-order valence-corrected chi connectivity index (χ2v) is 4.79. The van der Waals surface area contributed by atoms with Gasteiger partial charge in [0.1, 0.15) is 11.5 Å². The molecule has 0 spiro atoms. The first-order valence-corrected chi connectivity index (χ1v) is 6.71. The minimum Gasteiger partial charge on any atom is -0.316 e. The first-order chi connectivity index (χ1) is 9.19. The fourth-order valence-electron chi connectivity index (χ4n) is 2.13.